The summed E-state index contributed by atoms with van der Waals surface area (Å²) in [5.74, 6) is 1.41. The summed E-state index contributed by atoms with van der Waals surface area (Å²) in [5, 5.41) is 12.6. The number of benzene rings is 2. The number of hydrogen-bond acceptors (Lipinski definition) is 4. The number of nitrogens with zero attached hydrogens (tertiary/aromatic N) is 2. The summed E-state index contributed by atoms with van der Waals surface area (Å²) in [7, 11) is 0. The van der Waals surface area contributed by atoms with Crippen molar-refractivity contribution in [3.63, 3.8) is 0 Å². The highest BCUT2D eigenvalue weighted by atomic mass is 127. The number of phenols is 1. The number of amides is 1. The highest BCUT2D eigenvalue weighted by Crippen LogP contribution is 2.29. The Morgan fingerprint density at radius 2 is 1.75 bits per heavy atom. The summed E-state index contributed by atoms with van der Waals surface area (Å²) in [4.78, 5) is 22.2. The molecule has 166 valence electrons. The molecule has 1 aromatic heterocycles. The number of carbonyl (C=O) groups is 1. The maximum absolute atomic E-state index is 12.7. The van der Waals surface area contributed by atoms with Gasteiger partial charge in [-0.15, -0.1) is 0 Å². The average Bonchev–Trinajstić information content (AvgIpc) is 2.81. The van der Waals surface area contributed by atoms with Gasteiger partial charge in [0, 0.05) is 9.13 Å². The van der Waals surface area contributed by atoms with Crippen LogP contribution in [0.2, 0.25) is 0 Å². The zero-order valence-corrected chi connectivity index (χ0v) is 20.2. The number of halogens is 1. The standard InChI is InChI=1S/C26H28IN3O2/c27-21-11-6-19(7-12-21)16-25(32)30-26-23(15-8-18-4-2-1-3-5-18)29-24(17-28-26)20-9-13-22(31)14-10-20/h6-7,9-14,17-18,31H,1-5,8,15-16H2,(H,28,30,32). The third-order valence-corrected chi connectivity index (χ3v) is 6.78. The molecule has 3 aromatic rings. The van der Waals surface area contributed by atoms with E-state index in [0.717, 1.165) is 44.8 Å². The van der Waals surface area contributed by atoms with Crippen molar-refractivity contribution < 1.29 is 9.90 Å². The van der Waals surface area contributed by atoms with Crippen molar-refractivity contribution in [2.45, 2.75) is 51.4 Å². The van der Waals surface area contributed by atoms with Gasteiger partial charge in [0.05, 0.1) is 24.0 Å². The smallest absolute Gasteiger partial charge is 0.229 e. The van der Waals surface area contributed by atoms with Gasteiger partial charge in [-0.3, -0.25) is 4.79 Å². The number of carbonyl (C=O) groups excluding carboxylic acids is 1. The van der Waals surface area contributed by atoms with Gasteiger partial charge in [0.1, 0.15) is 5.75 Å². The average molecular weight is 541 g/mol. The Kier molecular flexibility index (Phi) is 7.73. The highest BCUT2D eigenvalue weighted by Gasteiger charge is 2.17. The van der Waals surface area contributed by atoms with Crippen molar-refractivity contribution in [3.8, 4) is 17.0 Å². The molecule has 0 saturated heterocycles. The van der Waals surface area contributed by atoms with E-state index < -0.39 is 0 Å². The van der Waals surface area contributed by atoms with Crippen LogP contribution in [0.25, 0.3) is 11.3 Å². The molecule has 5 nitrogen and oxygen atoms in total. The number of rotatable bonds is 7. The Morgan fingerprint density at radius 1 is 1.03 bits per heavy atom. The molecular formula is C26H28IN3O2. The van der Waals surface area contributed by atoms with Gasteiger partial charge in [-0.2, -0.15) is 0 Å². The first-order valence-electron chi connectivity index (χ1n) is 11.3. The van der Waals surface area contributed by atoms with Gasteiger partial charge < -0.3 is 10.4 Å². The van der Waals surface area contributed by atoms with Crippen LogP contribution in [-0.4, -0.2) is 21.0 Å². The fourth-order valence-corrected chi connectivity index (χ4v) is 4.62. The van der Waals surface area contributed by atoms with Crippen LogP contribution in [-0.2, 0) is 17.6 Å². The van der Waals surface area contributed by atoms with Crippen LogP contribution in [0.3, 0.4) is 0 Å². The summed E-state index contributed by atoms with van der Waals surface area (Å²) in [6.45, 7) is 0. The van der Waals surface area contributed by atoms with E-state index in [1.54, 1.807) is 18.3 Å². The summed E-state index contributed by atoms with van der Waals surface area (Å²) >= 11 is 2.26. The molecule has 0 aliphatic heterocycles. The molecule has 32 heavy (non-hydrogen) atoms. The topological polar surface area (TPSA) is 75.1 Å². The molecule has 0 unspecified atom stereocenters. The van der Waals surface area contributed by atoms with Crippen LogP contribution in [0.15, 0.2) is 54.7 Å². The minimum atomic E-state index is -0.0863. The number of hydrogen-bond donors (Lipinski definition) is 2. The van der Waals surface area contributed by atoms with Crippen LogP contribution in [0.5, 0.6) is 5.75 Å². The quantitative estimate of drug-likeness (QED) is 0.352. The van der Waals surface area contributed by atoms with Crippen LogP contribution in [0.4, 0.5) is 5.82 Å². The van der Waals surface area contributed by atoms with Crippen molar-refractivity contribution in [2.75, 3.05) is 5.32 Å². The zero-order valence-electron chi connectivity index (χ0n) is 18.1. The second-order valence-corrected chi connectivity index (χ2v) is 9.74. The number of aryl methyl sites for hydroxylation is 1. The Bertz CT molecular complexity index is 1050. The minimum Gasteiger partial charge on any atom is -0.508 e. The molecule has 1 fully saturated rings. The Balaban J connectivity index is 1.52. The van der Waals surface area contributed by atoms with E-state index in [-0.39, 0.29) is 11.7 Å². The number of anilines is 1. The number of phenolic OH excluding ortho intramolecular Hbond substituents is 1. The molecular weight excluding hydrogens is 513 g/mol. The normalized spacial score (nSPS) is 14.3. The SMILES string of the molecule is O=C(Cc1ccc(I)cc1)Nc1ncc(-c2ccc(O)cc2)nc1CCC1CCCCC1. The van der Waals surface area contributed by atoms with Gasteiger partial charge in [-0.1, -0.05) is 44.2 Å². The lowest BCUT2D eigenvalue weighted by Gasteiger charge is -2.21. The fraction of sp³-hybridized carbons (Fsp3) is 0.346. The monoisotopic (exact) mass is 541 g/mol. The van der Waals surface area contributed by atoms with Crippen LogP contribution < -0.4 is 5.32 Å². The van der Waals surface area contributed by atoms with Crippen molar-refractivity contribution in [1.29, 1.82) is 0 Å². The fourth-order valence-electron chi connectivity index (χ4n) is 4.26. The van der Waals surface area contributed by atoms with Crippen LogP contribution in [0.1, 0.15) is 49.8 Å². The molecule has 1 heterocycles. The lowest BCUT2D eigenvalue weighted by molar-refractivity contribution is -0.115. The largest absolute Gasteiger partial charge is 0.508 e. The molecule has 4 rings (SSSR count). The van der Waals surface area contributed by atoms with Gasteiger partial charge in [0.25, 0.3) is 0 Å². The highest BCUT2D eigenvalue weighted by molar-refractivity contribution is 14.1. The Morgan fingerprint density at radius 3 is 2.47 bits per heavy atom. The van der Waals surface area contributed by atoms with E-state index in [9.17, 15) is 9.90 Å². The number of aromatic hydroxyl groups is 1. The van der Waals surface area contributed by atoms with E-state index in [1.807, 2.05) is 36.4 Å². The molecule has 1 aliphatic carbocycles. The van der Waals surface area contributed by atoms with E-state index in [0.29, 0.717) is 12.2 Å². The Labute approximate surface area is 202 Å². The van der Waals surface area contributed by atoms with Crippen LogP contribution >= 0.6 is 22.6 Å². The van der Waals surface area contributed by atoms with Gasteiger partial charge in [-0.05, 0) is 83.3 Å². The molecule has 1 amide bonds. The third-order valence-electron chi connectivity index (χ3n) is 6.06. The second-order valence-electron chi connectivity index (χ2n) is 8.49. The molecule has 0 bridgehead atoms. The molecule has 0 atom stereocenters. The Hall–Kier alpha value is -2.48. The van der Waals surface area contributed by atoms with E-state index >= 15 is 0 Å². The van der Waals surface area contributed by atoms with Crippen LogP contribution in [0, 0.1) is 9.49 Å². The first-order chi connectivity index (χ1) is 15.6. The molecule has 0 spiro atoms. The first kappa shape index (κ1) is 22.7. The van der Waals surface area contributed by atoms with E-state index in [1.165, 1.54) is 32.1 Å². The molecule has 2 aromatic carbocycles. The summed E-state index contributed by atoms with van der Waals surface area (Å²) in [6.07, 6.45) is 10.4. The van der Waals surface area contributed by atoms with Crippen molar-refractivity contribution in [1.82, 2.24) is 9.97 Å². The van der Waals surface area contributed by atoms with Crippen molar-refractivity contribution >= 4 is 34.3 Å². The summed E-state index contributed by atoms with van der Waals surface area (Å²) in [6, 6.07) is 14.9. The lowest BCUT2D eigenvalue weighted by Crippen LogP contribution is -2.18. The van der Waals surface area contributed by atoms with E-state index in [4.69, 9.17) is 4.98 Å². The molecule has 6 heteroatoms. The number of aromatic nitrogens is 2. The first-order valence-corrected chi connectivity index (χ1v) is 12.3. The summed E-state index contributed by atoms with van der Waals surface area (Å²) in [5.41, 5.74) is 3.45. The summed E-state index contributed by atoms with van der Waals surface area (Å²) < 4.78 is 1.15. The van der Waals surface area contributed by atoms with E-state index in [2.05, 4.69) is 32.9 Å². The molecule has 1 saturated carbocycles. The van der Waals surface area contributed by atoms with Gasteiger partial charge in [-0.25, -0.2) is 9.97 Å². The van der Waals surface area contributed by atoms with Crippen molar-refractivity contribution in [3.05, 3.63) is 69.6 Å². The minimum absolute atomic E-state index is 0.0863. The molecule has 1 aliphatic rings. The maximum atomic E-state index is 12.7. The third kappa shape index (κ3) is 6.28. The number of nitrogens with one attached hydrogen (secondary N) is 1. The maximum Gasteiger partial charge on any atom is 0.229 e. The predicted octanol–water partition coefficient (Wildman–Crippen LogP) is 6.15. The van der Waals surface area contributed by atoms with Crippen molar-refractivity contribution in [2.24, 2.45) is 5.92 Å². The second kappa shape index (κ2) is 10.9. The molecule has 2 N–H and O–H groups in total. The zero-order chi connectivity index (χ0) is 22.3. The lowest BCUT2D eigenvalue weighted by atomic mass is 9.86. The predicted molar refractivity (Wildman–Crippen MR) is 136 cm³/mol. The van der Waals surface area contributed by atoms with Gasteiger partial charge in [0.15, 0.2) is 5.82 Å². The molecule has 0 radical (unpaired) electrons. The van der Waals surface area contributed by atoms with Gasteiger partial charge in [0.2, 0.25) is 5.91 Å². The van der Waals surface area contributed by atoms with Gasteiger partial charge >= 0.3 is 0 Å².